The lowest BCUT2D eigenvalue weighted by Gasteiger charge is -2.63. The third-order valence-electron chi connectivity index (χ3n) is 6.48. The molecule has 4 aliphatic rings. The molecule has 0 heterocycles. The van der Waals surface area contributed by atoms with Crippen LogP contribution in [0.3, 0.4) is 0 Å². The van der Waals surface area contributed by atoms with Gasteiger partial charge in [0, 0.05) is 0 Å². The van der Waals surface area contributed by atoms with Crippen molar-refractivity contribution in [3.8, 4) is 0 Å². The summed E-state index contributed by atoms with van der Waals surface area (Å²) in [7, 11) is 0. The van der Waals surface area contributed by atoms with Crippen molar-refractivity contribution in [1.82, 2.24) is 0 Å². The first-order valence-corrected chi connectivity index (χ1v) is 7.15. The molecule has 4 unspecified atom stereocenters. The van der Waals surface area contributed by atoms with Gasteiger partial charge in [0.2, 0.25) is 0 Å². The van der Waals surface area contributed by atoms with Crippen LogP contribution >= 0.6 is 0 Å². The SMILES string of the molecule is CCC(C)C12CC3CC(CC(C3)C1C)C2. The zero-order chi connectivity index (χ0) is 10.6. The second-order valence-electron chi connectivity index (χ2n) is 6.94. The van der Waals surface area contributed by atoms with Crippen molar-refractivity contribution >= 4 is 0 Å². The lowest BCUT2D eigenvalue weighted by atomic mass is 9.42. The van der Waals surface area contributed by atoms with Crippen molar-refractivity contribution in [3.63, 3.8) is 0 Å². The van der Waals surface area contributed by atoms with Gasteiger partial charge in [-0.25, -0.2) is 0 Å². The normalized spacial score (nSPS) is 54.6. The highest BCUT2D eigenvalue weighted by atomic mass is 14.6. The Bertz CT molecular complexity index is 241. The van der Waals surface area contributed by atoms with Crippen LogP contribution in [0.15, 0.2) is 0 Å². The van der Waals surface area contributed by atoms with Gasteiger partial charge < -0.3 is 0 Å². The monoisotopic (exact) mass is 206 g/mol. The summed E-state index contributed by atoms with van der Waals surface area (Å²) in [6, 6.07) is 0. The van der Waals surface area contributed by atoms with Gasteiger partial charge in [-0.1, -0.05) is 27.2 Å². The summed E-state index contributed by atoms with van der Waals surface area (Å²) in [6.45, 7) is 7.51. The Kier molecular flexibility index (Phi) is 2.20. The van der Waals surface area contributed by atoms with E-state index in [-0.39, 0.29) is 0 Å². The standard InChI is InChI=1S/C15H26/c1-4-10(2)15-8-12-5-13(9-15)7-14(6-12)11(15)3/h10-14H,4-9H2,1-3H3. The Balaban J connectivity index is 1.94. The summed E-state index contributed by atoms with van der Waals surface area (Å²) < 4.78 is 0. The molecule has 4 aliphatic carbocycles. The predicted molar refractivity (Wildman–Crippen MR) is 64.6 cm³/mol. The summed E-state index contributed by atoms with van der Waals surface area (Å²) in [5.41, 5.74) is 0.767. The van der Waals surface area contributed by atoms with Gasteiger partial charge in [0.15, 0.2) is 0 Å². The topological polar surface area (TPSA) is 0 Å². The van der Waals surface area contributed by atoms with E-state index in [1.165, 1.54) is 6.42 Å². The number of hydrogen-bond donors (Lipinski definition) is 0. The number of rotatable bonds is 2. The minimum absolute atomic E-state index is 0.767. The van der Waals surface area contributed by atoms with Crippen molar-refractivity contribution in [1.29, 1.82) is 0 Å². The van der Waals surface area contributed by atoms with Gasteiger partial charge in [-0.05, 0) is 67.1 Å². The van der Waals surface area contributed by atoms with E-state index in [9.17, 15) is 0 Å². The van der Waals surface area contributed by atoms with E-state index >= 15 is 0 Å². The fraction of sp³-hybridized carbons (Fsp3) is 1.00. The first-order valence-electron chi connectivity index (χ1n) is 7.15. The molecule has 0 spiro atoms. The van der Waals surface area contributed by atoms with E-state index < -0.39 is 0 Å². The van der Waals surface area contributed by atoms with Crippen LogP contribution in [-0.2, 0) is 0 Å². The lowest BCUT2D eigenvalue weighted by molar-refractivity contribution is -0.131. The quantitative estimate of drug-likeness (QED) is 0.624. The van der Waals surface area contributed by atoms with E-state index in [4.69, 9.17) is 0 Å². The molecule has 4 bridgehead atoms. The Morgan fingerprint density at radius 2 is 1.73 bits per heavy atom. The molecule has 4 rings (SSSR count). The Labute approximate surface area is 94.8 Å². The molecular weight excluding hydrogens is 180 g/mol. The fourth-order valence-electron chi connectivity index (χ4n) is 5.62. The third-order valence-corrected chi connectivity index (χ3v) is 6.48. The minimum Gasteiger partial charge on any atom is -0.0651 e. The zero-order valence-electron chi connectivity index (χ0n) is 10.6. The molecule has 4 saturated carbocycles. The first-order chi connectivity index (χ1) is 7.15. The van der Waals surface area contributed by atoms with Crippen molar-refractivity contribution < 1.29 is 0 Å². The van der Waals surface area contributed by atoms with Gasteiger partial charge in [0.1, 0.15) is 0 Å². The molecule has 0 radical (unpaired) electrons. The fourth-order valence-corrected chi connectivity index (χ4v) is 5.62. The molecule has 0 aliphatic heterocycles. The minimum atomic E-state index is 0.767. The maximum absolute atomic E-state index is 2.58. The smallest absolute Gasteiger partial charge is 0.0238 e. The molecule has 0 aromatic heterocycles. The largest absolute Gasteiger partial charge is 0.0651 e. The summed E-state index contributed by atoms with van der Waals surface area (Å²) in [6.07, 6.45) is 9.30. The highest BCUT2D eigenvalue weighted by Crippen LogP contribution is 2.65. The number of hydrogen-bond acceptors (Lipinski definition) is 0. The Hall–Kier alpha value is 0. The van der Waals surface area contributed by atoms with Crippen LogP contribution < -0.4 is 0 Å². The lowest BCUT2D eigenvalue weighted by Crippen LogP contribution is -2.54. The molecule has 4 atom stereocenters. The van der Waals surface area contributed by atoms with Crippen LogP contribution in [0, 0.1) is 35.0 Å². The molecule has 0 aromatic carbocycles. The van der Waals surface area contributed by atoms with E-state index in [0.29, 0.717) is 0 Å². The Morgan fingerprint density at radius 1 is 1.13 bits per heavy atom. The molecule has 4 fully saturated rings. The van der Waals surface area contributed by atoms with Gasteiger partial charge in [-0.15, -0.1) is 0 Å². The third kappa shape index (κ3) is 1.26. The van der Waals surface area contributed by atoms with Gasteiger partial charge >= 0.3 is 0 Å². The average molecular weight is 206 g/mol. The van der Waals surface area contributed by atoms with E-state index in [2.05, 4.69) is 20.8 Å². The van der Waals surface area contributed by atoms with Gasteiger partial charge in [0.05, 0.1) is 0 Å². The highest BCUT2D eigenvalue weighted by molar-refractivity contribution is 5.06. The van der Waals surface area contributed by atoms with Crippen LogP contribution in [0.4, 0.5) is 0 Å². The van der Waals surface area contributed by atoms with Crippen LogP contribution in [0.2, 0.25) is 0 Å². The van der Waals surface area contributed by atoms with Crippen LogP contribution in [0.25, 0.3) is 0 Å². The van der Waals surface area contributed by atoms with Gasteiger partial charge in [-0.3, -0.25) is 0 Å². The first kappa shape index (κ1) is 10.2. The second kappa shape index (κ2) is 3.25. The van der Waals surface area contributed by atoms with Crippen molar-refractivity contribution in [2.75, 3.05) is 0 Å². The van der Waals surface area contributed by atoms with Gasteiger partial charge in [-0.2, -0.15) is 0 Å². The summed E-state index contributed by atoms with van der Waals surface area (Å²) in [5, 5.41) is 0. The van der Waals surface area contributed by atoms with Crippen molar-refractivity contribution in [2.24, 2.45) is 35.0 Å². The van der Waals surface area contributed by atoms with Crippen LogP contribution in [0.5, 0.6) is 0 Å². The van der Waals surface area contributed by atoms with E-state index in [1.54, 1.807) is 32.1 Å². The van der Waals surface area contributed by atoms with Crippen LogP contribution in [-0.4, -0.2) is 0 Å². The van der Waals surface area contributed by atoms with E-state index in [1.807, 2.05) is 0 Å². The molecule has 15 heavy (non-hydrogen) atoms. The molecule has 0 saturated heterocycles. The maximum atomic E-state index is 2.58. The zero-order valence-corrected chi connectivity index (χ0v) is 10.6. The molecule has 0 amide bonds. The summed E-state index contributed by atoms with van der Waals surface area (Å²) in [5.74, 6) is 5.34. The van der Waals surface area contributed by atoms with Crippen molar-refractivity contribution in [3.05, 3.63) is 0 Å². The van der Waals surface area contributed by atoms with E-state index in [0.717, 1.165) is 35.0 Å². The average Bonchev–Trinajstić information content (AvgIpc) is 2.23. The highest BCUT2D eigenvalue weighted by Gasteiger charge is 2.56. The van der Waals surface area contributed by atoms with Gasteiger partial charge in [0.25, 0.3) is 0 Å². The molecule has 0 nitrogen and oxygen atoms in total. The summed E-state index contributed by atoms with van der Waals surface area (Å²) >= 11 is 0. The molecular formula is C15H26. The maximum Gasteiger partial charge on any atom is -0.0238 e. The Morgan fingerprint density at radius 3 is 2.27 bits per heavy atom. The predicted octanol–water partition coefficient (Wildman–Crippen LogP) is 4.49. The molecule has 0 aromatic rings. The molecule has 86 valence electrons. The summed E-state index contributed by atoms with van der Waals surface area (Å²) in [4.78, 5) is 0. The van der Waals surface area contributed by atoms with Crippen molar-refractivity contribution in [2.45, 2.75) is 59.3 Å². The molecule has 0 heteroatoms. The molecule has 0 N–H and O–H groups in total. The van der Waals surface area contributed by atoms with Crippen LogP contribution in [0.1, 0.15) is 59.3 Å². The second-order valence-corrected chi connectivity index (χ2v) is 6.94.